The van der Waals surface area contributed by atoms with Crippen LogP contribution in [0.3, 0.4) is 0 Å². The second kappa shape index (κ2) is 4.30. The lowest BCUT2D eigenvalue weighted by Gasteiger charge is -2.03. The van der Waals surface area contributed by atoms with Crippen molar-refractivity contribution in [3.8, 4) is 11.5 Å². The van der Waals surface area contributed by atoms with E-state index in [-0.39, 0.29) is 5.82 Å². The molecule has 1 aliphatic heterocycles. The first kappa shape index (κ1) is 10.5. The summed E-state index contributed by atoms with van der Waals surface area (Å²) < 4.78 is 18.2. The van der Waals surface area contributed by atoms with E-state index in [0.29, 0.717) is 11.9 Å². The maximum absolute atomic E-state index is 12.8. The number of nitrogens with zero attached hydrogens (tertiary/aromatic N) is 1. The molecule has 0 aliphatic carbocycles. The Morgan fingerprint density at radius 3 is 2.82 bits per heavy atom. The Bertz CT molecular complexity index is 500. The number of hydrogen-bond donors (Lipinski definition) is 1. The molecule has 0 amide bonds. The second-order valence-electron chi connectivity index (χ2n) is 4.23. The molecule has 17 heavy (non-hydrogen) atoms. The SMILES string of the molecule is Fc1ccc(-c2nc(C3CCCN3)co2)cc1. The number of hydrogen-bond acceptors (Lipinski definition) is 3. The van der Waals surface area contributed by atoms with Gasteiger partial charge in [-0.2, -0.15) is 0 Å². The average Bonchev–Trinajstić information content (AvgIpc) is 3.00. The van der Waals surface area contributed by atoms with Crippen LogP contribution >= 0.6 is 0 Å². The number of benzene rings is 1. The Morgan fingerprint density at radius 2 is 2.12 bits per heavy atom. The quantitative estimate of drug-likeness (QED) is 0.865. The summed E-state index contributed by atoms with van der Waals surface area (Å²) >= 11 is 0. The third kappa shape index (κ3) is 2.08. The summed E-state index contributed by atoms with van der Waals surface area (Å²) in [6.45, 7) is 1.03. The Labute approximate surface area is 98.7 Å². The summed E-state index contributed by atoms with van der Waals surface area (Å²) in [6.07, 6.45) is 3.94. The normalized spacial score (nSPS) is 19.7. The third-order valence-corrected chi connectivity index (χ3v) is 3.03. The fraction of sp³-hybridized carbons (Fsp3) is 0.308. The van der Waals surface area contributed by atoms with E-state index in [2.05, 4.69) is 10.3 Å². The lowest BCUT2D eigenvalue weighted by Crippen LogP contribution is -2.12. The fourth-order valence-corrected chi connectivity index (χ4v) is 2.11. The van der Waals surface area contributed by atoms with Gasteiger partial charge >= 0.3 is 0 Å². The molecule has 88 valence electrons. The molecular weight excluding hydrogens is 219 g/mol. The van der Waals surface area contributed by atoms with Crippen LogP contribution in [0.1, 0.15) is 24.6 Å². The summed E-state index contributed by atoms with van der Waals surface area (Å²) in [5, 5.41) is 3.36. The molecule has 2 aromatic rings. The van der Waals surface area contributed by atoms with E-state index in [1.807, 2.05) is 0 Å². The second-order valence-corrected chi connectivity index (χ2v) is 4.23. The van der Waals surface area contributed by atoms with Gasteiger partial charge in [0.15, 0.2) is 0 Å². The number of oxazole rings is 1. The molecule has 0 radical (unpaired) electrons. The molecule has 3 rings (SSSR count). The maximum Gasteiger partial charge on any atom is 0.226 e. The van der Waals surface area contributed by atoms with Crippen molar-refractivity contribution in [2.75, 3.05) is 6.54 Å². The van der Waals surface area contributed by atoms with Crippen LogP contribution in [0, 0.1) is 5.82 Å². The maximum atomic E-state index is 12.8. The smallest absolute Gasteiger partial charge is 0.226 e. The highest BCUT2D eigenvalue weighted by molar-refractivity contribution is 5.52. The zero-order chi connectivity index (χ0) is 11.7. The molecular formula is C13H13FN2O. The minimum atomic E-state index is -0.252. The average molecular weight is 232 g/mol. The zero-order valence-corrected chi connectivity index (χ0v) is 9.32. The number of nitrogens with one attached hydrogen (secondary N) is 1. The van der Waals surface area contributed by atoms with Crippen molar-refractivity contribution in [1.29, 1.82) is 0 Å². The summed E-state index contributed by atoms with van der Waals surface area (Å²) in [5.74, 6) is 0.298. The molecule has 0 bridgehead atoms. The highest BCUT2D eigenvalue weighted by Crippen LogP contribution is 2.26. The van der Waals surface area contributed by atoms with Gasteiger partial charge in [-0.25, -0.2) is 9.37 Å². The molecule has 1 fully saturated rings. The first-order chi connectivity index (χ1) is 8.33. The van der Waals surface area contributed by atoms with Crippen molar-refractivity contribution in [2.45, 2.75) is 18.9 Å². The molecule has 3 nitrogen and oxygen atoms in total. The minimum Gasteiger partial charge on any atom is -0.444 e. The number of rotatable bonds is 2. The molecule has 0 saturated carbocycles. The standard InChI is InChI=1S/C13H13FN2O/c14-10-5-3-9(4-6-10)13-16-12(8-17-13)11-2-1-7-15-11/h3-6,8,11,15H,1-2,7H2. The fourth-order valence-electron chi connectivity index (χ4n) is 2.11. The highest BCUT2D eigenvalue weighted by Gasteiger charge is 2.20. The first-order valence-corrected chi connectivity index (χ1v) is 5.78. The van der Waals surface area contributed by atoms with Crippen molar-refractivity contribution in [3.63, 3.8) is 0 Å². The molecule has 0 spiro atoms. The lowest BCUT2D eigenvalue weighted by molar-refractivity contribution is 0.563. The van der Waals surface area contributed by atoms with Gasteiger partial charge in [0.05, 0.1) is 11.7 Å². The molecule has 1 aromatic carbocycles. The molecule has 2 heterocycles. The van der Waals surface area contributed by atoms with E-state index in [9.17, 15) is 4.39 Å². The van der Waals surface area contributed by atoms with E-state index in [0.717, 1.165) is 24.2 Å². The van der Waals surface area contributed by atoms with Gasteiger partial charge in [0, 0.05) is 5.56 Å². The Hall–Kier alpha value is -1.68. The van der Waals surface area contributed by atoms with Crippen molar-refractivity contribution in [2.24, 2.45) is 0 Å². The van der Waals surface area contributed by atoms with Gasteiger partial charge in [-0.1, -0.05) is 0 Å². The van der Waals surface area contributed by atoms with Gasteiger partial charge in [0.2, 0.25) is 5.89 Å². The Balaban J connectivity index is 1.86. The van der Waals surface area contributed by atoms with Crippen LogP contribution in [-0.4, -0.2) is 11.5 Å². The van der Waals surface area contributed by atoms with Crippen LogP contribution in [0.4, 0.5) is 4.39 Å². The zero-order valence-electron chi connectivity index (χ0n) is 9.32. The third-order valence-electron chi connectivity index (χ3n) is 3.03. The topological polar surface area (TPSA) is 38.1 Å². The summed E-state index contributed by atoms with van der Waals surface area (Å²) in [5.41, 5.74) is 1.73. The molecule has 1 atom stereocenters. The Kier molecular flexibility index (Phi) is 2.65. The van der Waals surface area contributed by atoms with Gasteiger partial charge in [-0.3, -0.25) is 0 Å². The Morgan fingerprint density at radius 1 is 1.29 bits per heavy atom. The lowest BCUT2D eigenvalue weighted by atomic mass is 10.2. The predicted octanol–water partition coefficient (Wildman–Crippen LogP) is 2.91. The molecule has 1 unspecified atom stereocenters. The number of aromatic nitrogens is 1. The largest absolute Gasteiger partial charge is 0.444 e. The molecule has 1 aliphatic rings. The van der Waals surface area contributed by atoms with Crippen molar-refractivity contribution >= 4 is 0 Å². The minimum absolute atomic E-state index is 0.252. The van der Waals surface area contributed by atoms with Crippen LogP contribution in [0.5, 0.6) is 0 Å². The predicted molar refractivity (Wildman–Crippen MR) is 61.9 cm³/mol. The monoisotopic (exact) mass is 232 g/mol. The van der Waals surface area contributed by atoms with Gasteiger partial charge < -0.3 is 9.73 Å². The van der Waals surface area contributed by atoms with Gasteiger partial charge in [0.1, 0.15) is 12.1 Å². The summed E-state index contributed by atoms with van der Waals surface area (Å²) in [4.78, 5) is 4.44. The van der Waals surface area contributed by atoms with Gasteiger partial charge in [-0.05, 0) is 43.7 Å². The van der Waals surface area contributed by atoms with E-state index in [1.54, 1.807) is 18.4 Å². The van der Waals surface area contributed by atoms with E-state index in [1.165, 1.54) is 18.6 Å². The van der Waals surface area contributed by atoms with Gasteiger partial charge in [-0.15, -0.1) is 0 Å². The van der Waals surface area contributed by atoms with Gasteiger partial charge in [0.25, 0.3) is 0 Å². The summed E-state index contributed by atoms with van der Waals surface area (Å²) in [6, 6.07) is 6.47. The first-order valence-electron chi connectivity index (χ1n) is 5.78. The molecule has 1 N–H and O–H groups in total. The van der Waals surface area contributed by atoms with Crippen LogP contribution in [0.15, 0.2) is 34.9 Å². The highest BCUT2D eigenvalue weighted by atomic mass is 19.1. The van der Waals surface area contributed by atoms with E-state index >= 15 is 0 Å². The molecule has 4 heteroatoms. The van der Waals surface area contributed by atoms with Crippen molar-refractivity contribution in [1.82, 2.24) is 10.3 Å². The van der Waals surface area contributed by atoms with Crippen molar-refractivity contribution < 1.29 is 8.81 Å². The molecule has 1 saturated heterocycles. The molecule has 1 aromatic heterocycles. The van der Waals surface area contributed by atoms with Crippen LogP contribution in [0.2, 0.25) is 0 Å². The van der Waals surface area contributed by atoms with Crippen molar-refractivity contribution in [3.05, 3.63) is 42.0 Å². The summed E-state index contributed by atoms with van der Waals surface area (Å²) in [7, 11) is 0. The van der Waals surface area contributed by atoms with Crippen LogP contribution in [0.25, 0.3) is 11.5 Å². The van der Waals surface area contributed by atoms with Crippen LogP contribution < -0.4 is 5.32 Å². The van der Waals surface area contributed by atoms with E-state index < -0.39 is 0 Å². The number of halogens is 1. The van der Waals surface area contributed by atoms with Crippen LogP contribution in [-0.2, 0) is 0 Å². The van der Waals surface area contributed by atoms with E-state index in [4.69, 9.17) is 4.42 Å².